The first kappa shape index (κ1) is 19.0. The third-order valence-electron chi connectivity index (χ3n) is 3.20. The molecule has 126 valence electrons. The van der Waals surface area contributed by atoms with Crippen molar-refractivity contribution in [1.82, 2.24) is 4.90 Å². The largest absolute Gasteiger partial charge is 0.481 e. The zero-order valence-electron chi connectivity index (χ0n) is 13.8. The molecule has 6 nitrogen and oxygen atoms in total. The average molecular weight is 338 g/mol. The predicted molar refractivity (Wildman–Crippen MR) is 91.9 cm³/mol. The Hall–Kier alpha value is -2.02. The van der Waals surface area contributed by atoms with E-state index in [1.165, 1.54) is 11.9 Å². The lowest BCUT2D eigenvalue weighted by molar-refractivity contribution is -0.133. The molecule has 0 radical (unpaired) electrons. The van der Waals surface area contributed by atoms with Crippen LogP contribution in [0.15, 0.2) is 12.1 Å². The fourth-order valence-electron chi connectivity index (χ4n) is 2.20. The van der Waals surface area contributed by atoms with Crippen LogP contribution in [0.1, 0.15) is 16.7 Å². The van der Waals surface area contributed by atoms with Crippen LogP contribution in [-0.4, -0.2) is 52.9 Å². The lowest BCUT2D eigenvalue weighted by Gasteiger charge is -2.18. The van der Waals surface area contributed by atoms with Crippen molar-refractivity contribution in [3.63, 3.8) is 0 Å². The van der Waals surface area contributed by atoms with Gasteiger partial charge in [-0.25, -0.2) is 0 Å². The summed E-state index contributed by atoms with van der Waals surface area (Å²) in [6.45, 7) is 5.77. The van der Waals surface area contributed by atoms with E-state index in [1.807, 2.05) is 32.9 Å². The van der Waals surface area contributed by atoms with Crippen LogP contribution in [0.2, 0.25) is 0 Å². The molecule has 0 aromatic heterocycles. The van der Waals surface area contributed by atoms with Crippen LogP contribution in [0.4, 0.5) is 5.69 Å². The third kappa shape index (κ3) is 6.32. The van der Waals surface area contributed by atoms with Crippen molar-refractivity contribution in [1.29, 1.82) is 0 Å². The molecule has 0 unspecified atom stereocenters. The fraction of sp³-hybridized carbons (Fsp3) is 0.438. The van der Waals surface area contributed by atoms with Gasteiger partial charge in [-0.05, 0) is 31.9 Å². The first-order valence-electron chi connectivity index (χ1n) is 7.12. The number of rotatable bonds is 7. The molecule has 7 heteroatoms. The molecule has 0 fully saturated rings. The molecular formula is C16H22N2O4S. The summed E-state index contributed by atoms with van der Waals surface area (Å²) >= 11 is 1.01. The number of carbonyl (C=O) groups is 3. The number of hydrogen-bond acceptors (Lipinski definition) is 4. The topological polar surface area (TPSA) is 86.7 Å². The first-order valence-corrected chi connectivity index (χ1v) is 8.27. The molecule has 0 aliphatic rings. The van der Waals surface area contributed by atoms with Crippen molar-refractivity contribution in [2.75, 3.05) is 30.4 Å². The number of aliphatic carboxylic acids is 1. The zero-order chi connectivity index (χ0) is 17.6. The maximum absolute atomic E-state index is 12.1. The van der Waals surface area contributed by atoms with Crippen molar-refractivity contribution < 1.29 is 19.5 Å². The Morgan fingerprint density at radius 1 is 1.13 bits per heavy atom. The number of hydrogen-bond donors (Lipinski definition) is 2. The van der Waals surface area contributed by atoms with Gasteiger partial charge in [-0.1, -0.05) is 17.7 Å². The van der Waals surface area contributed by atoms with Crippen LogP contribution in [-0.2, 0) is 14.4 Å². The summed E-state index contributed by atoms with van der Waals surface area (Å²) in [7, 11) is 1.53. The molecule has 1 aromatic carbocycles. The van der Waals surface area contributed by atoms with Crippen molar-refractivity contribution in [2.45, 2.75) is 20.8 Å². The molecule has 2 N–H and O–H groups in total. The standard InChI is InChI=1S/C16H22N2O4S/c1-10-5-11(2)16(12(3)6-10)17-13(19)7-18(4)14(20)8-23-9-15(21)22/h5-6H,7-9H2,1-4H3,(H,17,19)(H,21,22). The molecule has 0 bridgehead atoms. The molecule has 0 spiro atoms. The molecule has 0 heterocycles. The Morgan fingerprint density at radius 2 is 1.70 bits per heavy atom. The predicted octanol–water partition coefficient (Wildman–Crippen LogP) is 1.83. The Labute approximate surface area is 140 Å². The summed E-state index contributed by atoms with van der Waals surface area (Å²) in [5, 5.41) is 11.4. The molecule has 2 amide bonds. The monoisotopic (exact) mass is 338 g/mol. The second-order valence-corrected chi connectivity index (χ2v) is 6.44. The fourth-order valence-corrected chi connectivity index (χ4v) is 2.87. The van der Waals surface area contributed by atoms with Gasteiger partial charge in [-0.15, -0.1) is 11.8 Å². The van der Waals surface area contributed by atoms with Crippen LogP contribution >= 0.6 is 11.8 Å². The van der Waals surface area contributed by atoms with Crippen LogP contribution in [0.25, 0.3) is 0 Å². The van der Waals surface area contributed by atoms with Gasteiger partial charge in [-0.3, -0.25) is 14.4 Å². The van der Waals surface area contributed by atoms with E-state index in [0.717, 1.165) is 34.1 Å². The number of carboxylic acids is 1. The van der Waals surface area contributed by atoms with E-state index in [-0.39, 0.29) is 29.9 Å². The normalized spacial score (nSPS) is 10.3. The summed E-state index contributed by atoms with van der Waals surface area (Å²) in [4.78, 5) is 35.6. The minimum atomic E-state index is -0.964. The number of benzene rings is 1. The molecule has 0 aliphatic carbocycles. The third-order valence-corrected chi connectivity index (χ3v) is 4.10. The highest BCUT2D eigenvalue weighted by molar-refractivity contribution is 8.00. The smallest absolute Gasteiger partial charge is 0.313 e. The molecule has 23 heavy (non-hydrogen) atoms. The maximum atomic E-state index is 12.1. The average Bonchev–Trinajstić information content (AvgIpc) is 2.42. The molecule has 0 saturated heterocycles. The molecule has 1 rings (SSSR count). The van der Waals surface area contributed by atoms with E-state index >= 15 is 0 Å². The number of carboxylic acid groups (broad SMARTS) is 1. The number of amides is 2. The number of nitrogens with one attached hydrogen (secondary N) is 1. The van der Waals surface area contributed by atoms with Gasteiger partial charge in [0, 0.05) is 12.7 Å². The van der Waals surface area contributed by atoms with Gasteiger partial charge in [0.25, 0.3) is 0 Å². The molecular weight excluding hydrogens is 316 g/mol. The van der Waals surface area contributed by atoms with Gasteiger partial charge in [-0.2, -0.15) is 0 Å². The lowest BCUT2D eigenvalue weighted by atomic mass is 10.1. The van der Waals surface area contributed by atoms with Gasteiger partial charge in [0.1, 0.15) is 0 Å². The van der Waals surface area contributed by atoms with Gasteiger partial charge < -0.3 is 15.3 Å². The van der Waals surface area contributed by atoms with E-state index in [0.29, 0.717) is 0 Å². The highest BCUT2D eigenvalue weighted by Crippen LogP contribution is 2.21. The van der Waals surface area contributed by atoms with Crippen molar-refractivity contribution >= 4 is 35.2 Å². The Morgan fingerprint density at radius 3 is 2.22 bits per heavy atom. The number of aryl methyl sites for hydroxylation is 3. The van der Waals surface area contributed by atoms with Gasteiger partial charge >= 0.3 is 5.97 Å². The maximum Gasteiger partial charge on any atom is 0.313 e. The van der Waals surface area contributed by atoms with Crippen LogP contribution < -0.4 is 5.32 Å². The van der Waals surface area contributed by atoms with Crippen molar-refractivity contribution in [2.24, 2.45) is 0 Å². The number of nitrogens with zero attached hydrogens (tertiary/aromatic N) is 1. The number of carbonyl (C=O) groups excluding carboxylic acids is 2. The molecule has 0 atom stereocenters. The summed E-state index contributed by atoms with van der Waals surface area (Å²) in [5.41, 5.74) is 3.84. The molecule has 0 saturated carbocycles. The van der Waals surface area contributed by atoms with E-state index in [2.05, 4.69) is 5.32 Å². The van der Waals surface area contributed by atoms with Crippen molar-refractivity contribution in [3.05, 3.63) is 28.8 Å². The van der Waals surface area contributed by atoms with Gasteiger partial charge in [0.05, 0.1) is 18.1 Å². The van der Waals surface area contributed by atoms with Gasteiger partial charge in [0.2, 0.25) is 11.8 Å². The summed E-state index contributed by atoms with van der Waals surface area (Å²) in [6, 6.07) is 3.97. The number of likely N-dealkylation sites (N-methyl/N-ethyl adjacent to an activating group) is 1. The Kier molecular flexibility index (Phi) is 7.09. The Balaban J connectivity index is 2.56. The van der Waals surface area contributed by atoms with Crippen LogP contribution in [0.5, 0.6) is 0 Å². The summed E-state index contributed by atoms with van der Waals surface area (Å²) < 4.78 is 0. The summed E-state index contributed by atoms with van der Waals surface area (Å²) in [6.07, 6.45) is 0. The highest BCUT2D eigenvalue weighted by atomic mass is 32.2. The van der Waals surface area contributed by atoms with E-state index < -0.39 is 5.97 Å². The first-order chi connectivity index (χ1) is 10.7. The number of anilines is 1. The zero-order valence-corrected chi connectivity index (χ0v) is 14.6. The minimum Gasteiger partial charge on any atom is -0.481 e. The van der Waals surface area contributed by atoms with Gasteiger partial charge in [0.15, 0.2) is 0 Å². The quantitative estimate of drug-likeness (QED) is 0.792. The van der Waals surface area contributed by atoms with E-state index in [1.54, 1.807) is 0 Å². The van der Waals surface area contributed by atoms with Crippen LogP contribution in [0, 0.1) is 20.8 Å². The summed E-state index contributed by atoms with van der Waals surface area (Å²) in [5.74, 6) is -1.61. The minimum absolute atomic E-state index is 0.0403. The second-order valence-electron chi connectivity index (χ2n) is 5.46. The SMILES string of the molecule is Cc1cc(C)c(NC(=O)CN(C)C(=O)CSCC(=O)O)c(C)c1. The lowest BCUT2D eigenvalue weighted by Crippen LogP contribution is -2.36. The van der Waals surface area contributed by atoms with E-state index in [4.69, 9.17) is 5.11 Å². The highest BCUT2D eigenvalue weighted by Gasteiger charge is 2.15. The molecule has 1 aromatic rings. The number of thioether (sulfide) groups is 1. The second kappa shape index (κ2) is 8.57. The van der Waals surface area contributed by atoms with Crippen LogP contribution in [0.3, 0.4) is 0 Å². The van der Waals surface area contributed by atoms with Crippen molar-refractivity contribution in [3.8, 4) is 0 Å². The van der Waals surface area contributed by atoms with E-state index in [9.17, 15) is 14.4 Å². The Bertz CT molecular complexity index is 593. The molecule has 0 aliphatic heterocycles.